The lowest BCUT2D eigenvalue weighted by molar-refractivity contribution is -0.126. The maximum absolute atomic E-state index is 13.0. The summed E-state index contributed by atoms with van der Waals surface area (Å²) in [6.07, 6.45) is 5.00. The normalized spacial score (nSPS) is 19.4. The van der Waals surface area contributed by atoms with E-state index in [0.29, 0.717) is 12.0 Å². The first-order valence-corrected chi connectivity index (χ1v) is 12.6. The van der Waals surface area contributed by atoms with Gasteiger partial charge >= 0.3 is 0 Å². The second-order valence-electron chi connectivity index (χ2n) is 11.1. The molecule has 178 valence electrons. The lowest BCUT2D eigenvalue weighted by Gasteiger charge is -2.41. The molecule has 0 unspecified atom stereocenters. The molecule has 2 heterocycles. The van der Waals surface area contributed by atoms with Crippen molar-refractivity contribution in [1.82, 2.24) is 15.1 Å². The number of piperidine rings is 2. The number of benzene rings is 1. The Kier molecular flexibility index (Phi) is 8.37. The van der Waals surface area contributed by atoms with E-state index in [1.807, 2.05) is 17.0 Å². The average molecular weight is 442 g/mol. The molecule has 2 saturated heterocycles. The van der Waals surface area contributed by atoms with Crippen molar-refractivity contribution in [3.63, 3.8) is 0 Å². The number of hydrogen-bond acceptors (Lipinski definition) is 3. The van der Waals surface area contributed by atoms with Gasteiger partial charge in [0.1, 0.15) is 0 Å². The fraction of sp³-hybridized carbons (Fsp3) is 0.704. The van der Waals surface area contributed by atoms with Crippen LogP contribution in [0.5, 0.6) is 0 Å². The number of hydrogen-bond donors (Lipinski definition) is 1. The predicted octanol–water partition coefficient (Wildman–Crippen LogP) is 4.46. The molecule has 1 aromatic rings. The van der Waals surface area contributed by atoms with Crippen LogP contribution in [0.25, 0.3) is 0 Å². The van der Waals surface area contributed by atoms with Gasteiger partial charge in [0.15, 0.2) is 0 Å². The van der Waals surface area contributed by atoms with E-state index in [2.05, 4.69) is 57.0 Å². The Morgan fingerprint density at radius 2 is 1.56 bits per heavy atom. The van der Waals surface area contributed by atoms with E-state index >= 15 is 0 Å². The molecule has 1 aromatic carbocycles. The van der Waals surface area contributed by atoms with Crippen LogP contribution in [0.15, 0.2) is 24.3 Å². The predicted molar refractivity (Wildman–Crippen MR) is 131 cm³/mol. The van der Waals surface area contributed by atoms with Crippen LogP contribution in [-0.2, 0) is 10.2 Å². The van der Waals surface area contributed by atoms with Crippen LogP contribution in [0.3, 0.4) is 0 Å². The number of carbonyl (C=O) groups excluding carboxylic acids is 2. The van der Waals surface area contributed by atoms with Crippen molar-refractivity contribution in [1.29, 1.82) is 0 Å². The molecule has 2 fully saturated rings. The Balaban J connectivity index is 1.42. The Bertz CT molecular complexity index is 750. The van der Waals surface area contributed by atoms with E-state index in [1.165, 1.54) is 5.56 Å². The highest BCUT2D eigenvalue weighted by Gasteiger charge is 2.31. The van der Waals surface area contributed by atoms with E-state index in [9.17, 15) is 9.59 Å². The third-order valence-electron chi connectivity index (χ3n) is 7.19. The summed E-state index contributed by atoms with van der Waals surface area (Å²) >= 11 is 0. The third kappa shape index (κ3) is 6.57. The number of nitrogens with zero attached hydrogens (tertiary/aromatic N) is 2. The van der Waals surface area contributed by atoms with E-state index in [0.717, 1.165) is 70.4 Å². The Morgan fingerprint density at radius 1 is 0.969 bits per heavy atom. The summed E-state index contributed by atoms with van der Waals surface area (Å²) in [5.74, 6) is 1.18. The van der Waals surface area contributed by atoms with E-state index in [-0.39, 0.29) is 23.1 Å². The van der Waals surface area contributed by atoms with Crippen LogP contribution in [0.2, 0.25) is 0 Å². The smallest absolute Gasteiger partial charge is 0.253 e. The fourth-order valence-electron chi connectivity index (χ4n) is 4.88. The molecule has 0 radical (unpaired) electrons. The third-order valence-corrected chi connectivity index (χ3v) is 7.19. The maximum Gasteiger partial charge on any atom is 0.253 e. The number of rotatable bonds is 6. The van der Waals surface area contributed by atoms with Crippen molar-refractivity contribution in [2.24, 2.45) is 11.8 Å². The molecule has 0 atom stereocenters. The summed E-state index contributed by atoms with van der Waals surface area (Å²) < 4.78 is 0. The Hall–Kier alpha value is -1.88. The summed E-state index contributed by atoms with van der Waals surface area (Å²) in [6, 6.07) is 8.66. The summed E-state index contributed by atoms with van der Waals surface area (Å²) in [7, 11) is 0. The average Bonchev–Trinajstić information content (AvgIpc) is 2.78. The molecule has 0 aliphatic carbocycles. The second kappa shape index (κ2) is 10.8. The highest BCUT2D eigenvalue weighted by atomic mass is 16.2. The lowest BCUT2D eigenvalue weighted by Crippen LogP contribution is -2.50. The monoisotopic (exact) mass is 441 g/mol. The molecule has 0 saturated carbocycles. The lowest BCUT2D eigenvalue weighted by atomic mass is 9.86. The molecule has 0 bridgehead atoms. The van der Waals surface area contributed by atoms with Gasteiger partial charge < -0.3 is 15.1 Å². The molecule has 5 heteroatoms. The standard InChI is InChI=1S/C27H43N3O2/c1-20(2)10-15-28-25(31)21-11-16-29(17-12-21)24-13-18-30(19-14-24)26(32)22-6-8-23(9-7-22)27(3,4)5/h6-9,20-21,24H,10-19H2,1-5H3,(H,28,31). The van der Waals surface area contributed by atoms with E-state index in [4.69, 9.17) is 0 Å². The minimum atomic E-state index is 0.0993. The SMILES string of the molecule is CC(C)CCNC(=O)C1CCN(C2CCN(C(=O)c3ccc(C(C)(C)C)cc3)CC2)CC1. The molecule has 0 spiro atoms. The van der Waals surface area contributed by atoms with Crippen LogP contribution in [0, 0.1) is 11.8 Å². The molecule has 3 rings (SSSR count). The molecule has 5 nitrogen and oxygen atoms in total. The van der Waals surface area contributed by atoms with Gasteiger partial charge in [0, 0.05) is 37.2 Å². The van der Waals surface area contributed by atoms with Gasteiger partial charge in [-0.05, 0) is 74.2 Å². The summed E-state index contributed by atoms with van der Waals surface area (Å²) in [6.45, 7) is 15.4. The van der Waals surface area contributed by atoms with Gasteiger partial charge in [0.25, 0.3) is 5.91 Å². The summed E-state index contributed by atoms with van der Waals surface area (Å²) in [4.78, 5) is 29.9. The Labute approximate surface area is 194 Å². The highest BCUT2D eigenvalue weighted by molar-refractivity contribution is 5.94. The first kappa shape index (κ1) is 24.8. The first-order chi connectivity index (χ1) is 15.1. The minimum Gasteiger partial charge on any atom is -0.356 e. The zero-order valence-electron chi connectivity index (χ0n) is 20.8. The van der Waals surface area contributed by atoms with Crippen molar-refractivity contribution in [2.45, 2.75) is 78.2 Å². The van der Waals surface area contributed by atoms with Crippen LogP contribution in [0.4, 0.5) is 0 Å². The molecule has 0 aromatic heterocycles. The summed E-state index contributed by atoms with van der Waals surface area (Å²) in [5.41, 5.74) is 2.15. The van der Waals surface area contributed by atoms with E-state index < -0.39 is 0 Å². The molecule has 2 amide bonds. The molecule has 2 aliphatic rings. The molecule has 2 aliphatic heterocycles. The number of amides is 2. The van der Waals surface area contributed by atoms with Gasteiger partial charge in [0.2, 0.25) is 5.91 Å². The molecule has 1 N–H and O–H groups in total. The van der Waals surface area contributed by atoms with Crippen LogP contribution in [0.1, 0.15) is 82.6 Å². The molecular weight excluding hydrogens is 398 g/mol. The van der Waals surface area contributed by atoms with Gasteiger partial charge in [-0.15, -0.1) is 0 Å². The van der Waals surface area contributed by atoms with Crippen molar-refractivity contribution in [2.75, 3.05) is 32.7 Å². The zero-order chi connectivity index (χ0) is 23.3. The maximum atomic E-state index is 13.0. The van der Waals surface area contributed by atoms with Crippen molar-refractivity contribution in [3.05, 3.63) is 35.4 Å². The zero-order valence-corrected chi connectivity index (χ0v) is 20.8. The molecular formula is C27H43N3O2. The number of nitrogens with one attached hydrogen (secondary N) is 1. The van der Waals surface area contributed by atoms with Gasteiger partial charge in [-0.3, -0.25) is 9.59 Å². The van der Waals surface area contributed by atoms with E-state index in [1.54, 1.807) is 0 Å². The van der Waals surface area contributed by atoms with Crippen LogP contribution < -0.4 is 5.32 Å². The van der Waals surface area contributed by atoms with Crippen LogP contribution >= 0.6 is 0 Å². The fourth-order valence-corrected chi connectivity index (χ4v) is 4.88. The highest BCUT2D eigenvalue weighted by Crippen LogP contribution is 2.26. The number of likely N-dealkylation sites (tertiary alicyclic amines) is 2. The largest absolute Gasteiger partial charge is 0.356 e. The van der Waals surface area contributed by atoms with Gasteiger partial charge in [-0.25, -0.2) is 0 Å². The second-order valence-corrected chi connectivity index (χ2v) is 11.1. The van der Waals surface area contributed by atoms with Crippen LogP contribution in [-0.4, -0.2) is 60.4 Å². The van der Waals surface area contributed by atoms with Gasteiger partial charge in [0.05, 0.1) is 0 Å². The quantitative estimate of drug-likeness (QED) is 0.709. The minimum absolute atomic E-state index is 0.0993. The van der Waals surface area contributed by atoms with Crippen molar-refractivity contribution in [3.8, 4) is 0 Å². The Morgan fingerprint density at radius 3 is 2.09 bits per heavy atom. The summed E-state index contributed by atoms with van der Waals surface area (Å²) in [5, 5.41) is 3.12. The topological polar surface area (TPSA) is 52.7 Å². The van der Waals surface area contributed by atoms with Gasteiger partial charge in [-0.1, -0.05) is 46.8 Å². The van der Waals surface area contributed by atoms with Crippen molar-refractivity contribution >= 4 is 11.8 Å². The first-order valence-electron chi connectivity index (χ1n) is 12.6. The van der Waals surface area contributed by atoms with Crippen molar-refractivity contribution < 1.29 is 9.59 Å². The molecule has 32 heavy (non-hydrogen) atoms. The van der Waals surface area contributed by atoms with Gasteiger partial charge in [-0.2, -0.15) is 0 Å². The number of carbonyl (C=O) groups is 2.